The third kappa shape index (κ3) is 2.98. The number of hydrogen-bond donors (Lipinski definition) is 2. The minimum atomic E-state index is -1.01. The van der Waals surface area contributed by atoms with Gasteiger partial charge in [-0.1, -0.05) is 12.1 Å². The van der Waals surface area contributed by atoms with E-state index in [1.165, 1.54) is 0 Å². The zero-order valence-corrected chi connectivity index (χ0v) is 11.2. The van der Waals surface area contributed by atoms with E-state index in [0.717, 1.165) is 12.0 Å². The van der Waals surface area contributed by atoms with Crippen molar-refractivity contribution in [2.24, 2.45) is 5.73 Å². The van der Waals surface area contributed by atoms with Crippen LogP contribution in [-0.4, -0.2) is 29.8 Å². The molecule has 1 aromatic rings. The predicted octanol–water partition coefficient (Wildman–Crippen LogP) is 1.75. The molecule has 1 aromatic carbocycles. The molecule has 0 radical (unpaired) electrons. The van der Waals surface area contributed by atoms with Gasteiger partial charge in [0.15, 0.2) is 18.1 Å². The second-order valence-electron chi connectivity index (χ2n) is 5.36. The summed E-state index contributed by atoms with van der Waals surface area (Å²) in [7, 11) is 0. The minimum Gasteiger partial charge on any atom is -0.484 e. The summed E-state index contributed by atoms with van der Waals surface area (Å²) >= 11 is 0. The molecule has 0 aromatic heterocycles. The van der Waals surface area contributed by atoms with Crippen molar-refractivity contribution in [2.75, 3.05) is 13.2 Å². The van der Waals surface area contributed by atoms with Gasteiger partial charge in [0.05, 0.1) is 0 Å². The highest BCUT2D eigenvalue weighted by Gasteiger charge is 2.34. The number of benzene rings is 1. The Bertz CT molecular complexity index is 484. The molecular weight excluding hydrogens is 246 g/mol. The van der Waals surface area contributed by atoms with Gasteiger partial charge in [-0.25, -0.2) is 4.79 Å². The van der Waals surface area contributed by atoms with Crippen LogP contribution >= 0.6 is 0 Å². The molecule has 0 amide bonds. The molecule has 1 heterocycles. The van der Waals surface area contributed by atoms with Crippen molar-refractivity contribution >= 4 is 5.97 Å². The number of carbonyl (C=O) groups is 1. The van der Waals surface area contributed by atoms with Crippen LogP contribution in [0.3, 0.4) is 0 Å². The van der Waals surface area contributed by atoms with Crippen LogP contribution in [0, 0.1) is 0 Å². The van der Waals surface area contributed by atoms with Crippen molar-refractivity contribution in [3.63, 3.8) is 0 Å². The number of para-hydroxylation sites is 1. The number of carboxylic acids is 1. The van der Waals surface area contributed by atoms with Crippen molar-refractivity contribution in [3.8, 4) is 11.5 Å². The average Bonchev–Trinajstić information content (AvgIpc) is 2.34. The largest absolute Gasteiger partial charge is 0.484 e. The van der Waals surface area contributed by atoms with Gasteiger partial charge in [-0.05, 0) is 32.9 Å². The summed E-state index contributed by atoms with van der Waals surface area (Å²) in [6.45, 7) is 4.13. The summed E-state index contributed by atoms with van der Waals surface area (Å²) in [6.07, 6.45) is 0.832. The maximum Gasteiger partial charge on any atom is 0.341 e. The van der Waals surface area contributed by atoms with Crippen LogP contribution in [0.4, 0.5) is 0 Å². The van der Waals surface area contributed by atoms with Crippen LogP contribution in [0.25, 0.3) is 0 Å². The first kappa shape index (κ1) is 13.7. The average molecular weight is 265 g/mol. The van der Waals surface area contributed by atoms with Crippen LogP contribution in [0.15, 0.2) is 18.2 Å². The summed E-state index contributed by atoms with van der Waals surface area (Å²) in [5.41, 5.74) is 6.48. The third-order valence-electron chi connectivity index (χ3n) is 3.20. The quantitative estimate of drug-likeness (QED) is 0.866. The molecule has 0 saturated carbocycles. The van der Waals surface area contributed by atoms with Gasteiger partial charge in [0.2, 0.25) is 0 Å². The minimum absolute atomic E-state index is 0.201. The van der Waals surface area contributed by atoms with Gasteiger partial charge < -0.3 is 20.3 Å². The summed E-state index contributed by atoms with van der Waals surface area (Å²) in [5, 5.41) is 8.69. The summed E-state index contributed by atoms with van der Waals surface area (Å²) < 4.78 is 11.2. The molecule has 3 N–H and O–H groups in total. The number of carboxylic acid groups (broad SMARTS) is 1. The Labute approximate surface area is 112 Å². The predicted molar refractivity (Wildman–Crippen MR) is 70.7 cm³/mol. The molecule has 104 valence electrons. The lowest BCUT2D eigenvalue weighted by Gasteiger charge is -2.37. The fourth-order valence-electron chi connectivity index (χ4n) is 2.45. The Morgan fingerprint density at radius 3 is 2.95 bits per heavy atom. The maximum atomic E-state index is 10.6. The SMILES string of the molecule is CC1(C)CC(CN)c2cccc(OCC(=O)O)c2O1. The molecule has 1 unspecified atom stereocenters. The number of hydrogen-bond acceptors (Lipinski definition) is 4. The van der Waals surface area contributed by atoms with Crippen LogP contribution in [0.1, 0.15) is 31.7 Å². The van der Waals surface area contributed by atoms with Crippen LogP contribution < -0.4 is 15.2 Å². The zero-order chi connectivity index (χ0) is 14.0. The van der Waals surface area contributed by atoms with Crippen molar-refractivity contribution in [2.45, 2.75) is 31.8 Å². The zero-order valence-electron chi connectivity index (χ0n) is 11.2. The van der Waals surface area contributed by atoms with Gasteiger partial charge in [-0.3, -0.25) is 0 Å². The Morgan fingerprint density at radius 1 is 1.58 bits per heavy atom. The molecule has 19 heavy (non-hydrogen) atoms. The van der Waals surface area contributed by atoms with Gasteiger partial charge in [-0.15, -0.1) is 0 Å². The summed E-state index contributed by atoms with van der Waals surface area (Å²) in [5.74, 6) is 0.275. The van der Waals surface area contributed by atoms with E-state index in [2.05, 4.69) is 0 Å². The van der Waals surface area contributed by atoms with Gasteiger partial charge in [0.1, 0.15) is 5.60 Å². The highest BCUT2D eigenvalue weighted by molar-refractivity contribution is 5.68. The molecule has 1 atom stereocenters. The Balaban J connectivity index is 2.36. The third-order valence-corrected chi connectivity index (χ3v) is 3.20. The van der Waals surface area contributed by atoms with E-state index in [4.69, 9.17) is 20.3 Å². The summed E-state index contributed by atoms with van der Waals surface area (Å²) in [6, 6.07) is 5.51. The van der Waals surface area contributed by atoms with E-state index in [0.29, 0.717) is 18.0 Å². The van der Waals surface area contributed by atoms with Crippen LogP contribution in [0.5, 0.6) is 11.5 Å². The molecule has 0 saturated heterocycles. The second-order valence-corrected chi connectivity index (χ2v) is 5.36. The topological polar surface area (TPSA) is 81.8 Å². The normalized spacial score (nSPS) is 20.3. The van der Waals surface area contributed by atoms with E-state index in [9.17, 15) is 4.79 Å². The Hall–Kier alpha value is -1.75. The number of nitrogens with two attached hydrogens (primary N) is 1. The van der Waals surface area contributed by atoms with Crippen molar-refractivity contribution in [3.05, 3.63) is 23.8 Å². The lowest BCUT2D eigenvalue weighted by atomic mass is 9.84. The van der Waals surface area contributed by atoms with E-state index >= 15 is 0 Å². The van der Waals surface area contributed by atoms with Crippen LogP contribution in [-0.2, 0) is 4.79 Å². The highest BCUT2D eigenvalue weighted by atomic mass is 16.5. The van der Waals surface area contributed by atoms with Crippen LogP contribution in [0.2, 0.25) is 0 Å². The standard InChI is InChI=1S/C14H19NO4/c1-14(2)6-9(7-15)10-4-3-5-11(13(10)19-14)18-8-12(16)17/h3-5,9H,6-8,15H2,1-2H3,(H,16,17). The highest BCUT2D eigenvalue weighted by Crippen LogP contribution is 2.45. The summed E-state index contributed by atoms with van der Waals surface area (Å²) in [4.78, 5) is 10.6. The van der Waals surface area contributed by atoms with Gasteiger partial charge in [-0.2, -0.15) is 0 Å². The first-order valence-electron chi connectivity index (χ1n) is 6.29. The van der Waals surface area contributed by atoms with Crippen molar-refractivity contribution in [1.82, 2.24) is 0 Å². The Morgan fingerprint density at radius 2 is 2.32 bits per heavy atom. The molecule has 5 heteroatoms. The van der Waals surface area contributed by atoms with Gasteiger partial charge >= 0.3 is 5.97 Å². The first-order chi connectivity index (χ1) is 8.93. The van der Waals surface area contributed by atoms with Gasteiger partial charge in [0.25, 0.3) is 0 Å². The molecule has 1 aliphatic heterocycles. The fourth-order valence-corrected chi connectivity index (χ4v) is 2.45. The molecule has 0 spiro atoms. The molecule has 5 nitrogen and oxygen atoms in total. The molecular formula is C14H19NO4. The van der Waals surface area contributed by atoms with Crippen molar-refractivity contribution < 1.29 is 19.4 Å². The monoisotopic (exact) mass is 265 g/mol. The van der Waals surface area contributed by atoms with Crippen molar-refractivity contribution in [1.29, 1.82) is 0 Å². The van der Waals surface area contributed by atoms with E-state index in [-0.39, 0.29) is 18.1 Å². The molecule has 0 aliphatic carbocycles. The molecule has 0 fully saturated rings. The molecule has 1 aliphatic rings. The number of aliphatic carboxylic acids is 1. The van der Waals surface area contributed by atoms with E-state index in [1.807, 2.05) is 26.0 Å². The fraction of sp³-hybridized carbons (Fsp3) is 0.500. The Kier molecular flexibility index (Phi) is 3.66. The van der Waals surface area contributed by atoms with Gasteiger partial charge in [0, 0.05) is 11.5 Å². The molecule has 0 bridgehead atoms. The first-order valence-corrected chi connectivity index (χ1v) is 6.29. The maximum absolute atomic E-state index is 10.6. The lowest BCUT2D eigenvalue weighted by molar-refractivity contribution is -0.139. The van der Waals surface area contributed by atoms with E-state index in [1.54, 1.807) is 6.07 Å². The van der Waals surface area contributed by atoms with E-state index < -0.39 is 5.97 Å². The molecule has 2 rings (SSSR count). The lowest BCUT2D eigenvalue weighted by Crippen LogP contribution is -2.37. The smallest absolute Gasteiger partial charge is 0.341 e. The number of ether oxygens (including phenoxy) is 2. The number of fused-ring (bicyclic) bond motifs is 1. The number of rotatable bonds is 4. The second kappa shape index (κ2) is 5.09.